The number of rotatable bonds is 1. The molecule has 88 valence electrons. The summed E-state index contributed by atoms with van der Waals surface area (Å²) in [6.45, 7) is 1.83. The van der Waals surface area contributed by atoms with E-state index in [4.69, 9.17) is 5.73 Å². The predicted molar refractivity (Wildman–Crippen MR) is 71.9 cm³/mol. The largest absolute Gasteiger partial charge is 0.384 e. The first-order chi connectivity index (χ1) is 8.72. The van der Waals surface area contributed by atoms with Gasteiger partial charge in [0, 0.05) is 23.2 Å². The van der Waals surface area contributed by atoms with Gasteiger partial charge in [0.2, 0.25) is 0 Å². The Kier molecular flexibility index (Phi) is 2.41. The molecule has 4 nitrogen and oxygen atoms in total. The van der Waals surface area contributed by atoms with Crippen LogP contribution < -0.4 is 5.73 Å². The average Bonchev–Trinajstić information content (AvgIpc) is 2.37. The van der Waals surface area contributed by atoms with Crippen molar-refractivity contribution in [3.8, 4) is 11.3 Å². The predicted octanol–water partition coefficient (Wildman–Crippen LogP) is 2.58. The van der Waals surface area contributed by atoms with E-state index < -0.39 is 0 Å². The molecule has 0 radical (unpaired) electrons. The molecule has 3 aromatic rings. The fraction of sp³-hybridized carbons (Fsp3) is 0.0714. The molecule has 4 heteroatoms. The van der Waals surface area contributed by atoms with Crippen LogP contribution in [0.5, 0.6) is 0 Å². The van der Waals surface area contributed by atoms with Crippen LogP contribution in [0, 0.1) is 6.92 Å². The zero-order chi connectivity index (χ0) is 12.5. The van der Waals surface area contributed by atoms with Crippen LogP contribution in [-0.2, 0) is 0 Å². The van der Waals surface area contributed by atoms with Gasteiger partial charge >= 0.3 is 0 Å². The van der Waals surface area contributed by atoms with Crippen molar-refractivity contribution in [1.29, 1.82) is 0 Å². The highest BCUT2D eigenvalue weighted by Crippen LogP contribution is 2.22. The summed E-state index contributed by atoms with van der Waals surface area (Å²) in [4.78, 5) is 12.9. The number of anilines is 1. The molecule has 0 aliphatic heterocycles. The first-order valence-corrected chi connectivity index (χ1v) is 5.69. The number of nitrogens with zero attached hydrogens (tertiary/aromatic N) is 3. The van der Waals surface area contributed by atoms with Gasteiger partial charge in [-0.2, -0.15) is 0 Å². The Hall–Kier alpha value is -2.49. The minimum Gasteiger partial charge on any atom is -0.384 e. The minimum absolute atomic E-state index is 0.477. The third-order valence-corrected chi connectivity index (χ3v) is 2.74. The topological polar surface area (TPSA) is 64.7 Å². The van der Waals surface area contributed by atoms with E-state index in [1.54, 1.807) is 6.07 Å². The zero-order valence-corrected chi connectivity index (χ0v) is 9.96. The summed E-state index contributed by atoms with van der Waals surface area (Å²) in [5, 5.41) is 1.09. The third-order valence-electron chi connectivity index (χ3n) is 2.74. The van der Waals surface area contributed by atoms with Crippen LogP contribution in [0.15, 0.2) is 42.6 Å². The highest BCUT2D eigenvalue weighted by atomic mass is 14.9. The zero-order valence-electron chi connectivity index (χ0n) is 9.96. The van der Waals surface area contributed by atoms with Gasteiger partial charge in [0.15, 0.2) is 0 Å². The smallest absolute Gasteiger partial charge is 0.128 e. The Morgan fingerprint density at radius 1 is 1.06 bits per heavy atom. The van der Waals surface area contributed by atoms with Crippen molar-refractivity contribution in [2.45, 2.75) is 6.92 Å². The van der Waals surface area contributed by atoms with Crippen molar-refractivity contribution in [3.63, 3.8) is 0 Å². The van der Waals surface area contributed by atoms with Gasteiger partial charge < -0.3 is 5.73 Å². The number of pyridine rings is 1. The molecule has 0 unspecified atom stereocenters. The molecule has 1 aromatic carbocycles. The van der Waals surface area contributed by atoms with Crippen LogP contribution in [-0.4, -0.2) is 15.0 Å². The summed E-state index contributed by atoms with van der Waals surface area (Å²) in [6.07, 6.45) is 1.81. The standard InChI is InChI=1S/C14H12N4/c1-9-17-13(7-14(15)18-9)11-6-10-4-2-3-5-12(10)16-8-11/h2-8H,1H3,(H2,15,17,18). The van der Waals surface area contributed by atoms with E-state index in [1.165, 1.54) is 0 Å². The summed E-state index contributed by atoms with van der Waals surface area (Å²) in [5.41, 5.74) is 8.46. The normalized spacial score (nSPS) is 10.7. The highest BCUT2D eigenvalue weighted by molar-refractivity contribution is 5.82. The second-order valence-corrected chi connectivity index (χ2v) is 4.14. The summed E-state index contributed by atoms with van der Waals surface area (Å²) in [7, 11) is 0. The first kappa shape index (κ1) is 10.7. The minimum atomic E-state index is 0.477. The van der Waals surface area contributed by atoms with E-state index in [0.29, 0.717) is 11.6 Å². The molecular weight excluding hydrogens is 224 g/mol. The maximum Gasteiger partial charge on any atom is 0.128 e. The van der Waals surface area contributed by atoms with E-state index >= 15 is 0 Å². The Bertz CT molecular complexity index is 702. The second-order valence-electron chi connectivity index (χ2n) is 4.14. The molecule has 0 fully saturated rings. The SMILES string of the molecule is Cc1nc(N)cc(-c2cnc3ccccc3c2)n1. The number of hydrogen-bond acceptors (Lipinski definition) is 4. The number of aryl methyl sites for hydroxylation is 1. The number of benzene rings is 1. The highest BCUT2D eigenvalue weighted by Gasteiger charge is 2.04. The lowest BCUT2D eigenvalue weighted by molar-refractivity contribution is 1.07. The molecule has 18 heavy (non-hydrogen) atoms. The summed E-state index contributed by atoms with van der Waals surface area (Å²) in [5.74, 6) is 1.14. The van der Waals surface area contributed by atoms with E-state index in [9.17, 15) is 0 Å². The third kappa shape index (κ3) is 1.88. The maximum atomic E-state index is 5.74. The summed E-state index contributed by atoms with van der Waals surface area (Å²) < 4.78 is 0. The van der Waals surface area contributed by atoms with Crippen molar-refractivity contribution in [2.24, 2.45) is 0 Å². The Balaban J connectivity index is 2.19. The maximum absolute atomic E-state index is 5.74. The number of aromatic nitrogens is 3. The molecule has 2 N–H and O–H groups in total. The fourth-order valence-electron chi connectivity index (χ4n) is 1.95. The molecule has 0 aliphatic rings. The van der Waals surface area contributed by atoms with Crippen molar-refractivity contribution in [2.75, 3.05) is 5.73 Å². The van der Waals surface area contributed by atoms with Gasteiger partial charge in [-0.1, -0.05) is 18.2 Å². The van der Waals surface area contributed by atoms with Gasteiger partial charge in [0.25, 0.3) is 0 Å². The van der Waals surface area contributed by atoms with Crippen LogP contribution >= 0.6 is 0 Å². The number of fused-ring (bicyclic) bond motifs is 1. The van der Waals surface area contributed by atoms with Crippen LogP contribution in [0.25, 0.3) is 22.2 Å². The van der Waals surface area contributed by atoms with Crippen molar-refractivity contribution in [3.05, 3.63) is 48.4 Å². The number of hydrogen-bond donors (Lipinski definition) is 1. The molecule has 0 saturated carbocycles. The second kappa shape index (κ2) is 4.07. The molecule has 2 aromatic heterocycles. The Morgan fingerprint density at radius 2 is 1.89 bits per heavy atom. The summed E-state index contributed by atoms with van der Waals surface area (Å²) >= 11 is 0. The van der Waals surface area contributed by atoms with E-state index in [2.05, 4.69) is 21.0 Å². The molecular formula is C14H12N4. The molecule has 0 aliphatic carbocycles. The van der Waals surface area contributed by atoms with Crippen molar-refractivity contribution < 1.29 is 0 Å². The van der Waals surface area contributed by atoms with Crippen LogP contribution in [0.4, 0.5) is 5.82 Å². The number of nitrogens with two attached hydrogens (primary N) is 1. The van der Waals surface area contributed by atoms with Crippen LogP contribution in [0.2, 0.25) is 0 Å². The van der Waals surface area contributed by atoms with Gasteiger partial charge in [-0.05, 0) is 19.1 Å². The first-order valence-electron chi connectivity index (χ1n) is 5.69. The lowest BCUT2D eigenvalue weighted by Crippen LogP contribution is -1.97. The van der Waals surface area contributed by atoms with Crippen molar-refractivity contribution in [1.82, 2.24) is 15.0 Å². The molecule has 2 heterocycles. The molecule has 0 bridgehead atoms. The monoisotopic (exact) mass is 236 g/mol. The quantitative estimate of drug-likeness (QED) is 0.705. The summed E-state index contributed by atoms with van der Waals surface area (Å²) in [6, 6.07) is 11.8. The lowest BCUT2D eigenvalue weighted by Gasteiger charge is -2.04. The van der Waals surface area contributed by atoms with E-state index in [1.807, 2.05) is 37.4 Å². The van der Waals surface area contributed by atoms with Crippen LogP contribution in [0.1, 0.15) is 5.82 Å². The van der Waals surface area contributed by atoms with E-state index in [-0.39, 0.29) is 0 Å². The van der Waals surface area contributed by atoms with Gasteiger partial charge in [0.1, 0.15) is 11.6 Å². The number of para-hydroxylation sites is 1. The molecule has 0 atom stereocenters. The molecule has 0 amide bonds. The lowest BCUT2D eigenvalue weighted by atomic mass is 10.1. The van der Waals surface area contributed by atoms with Gasteiger partial charge in [0.05, 0.1) is 11.2 Å². The van der Waals surface area contributed by atoms with Gasteiger partial charge in [-0.3, -0.25) is 4.98 Å². The number of nitrogen functional groups attached to an aromatic ring is 1. The molecule has 0 saturated heterocycles. The fourth-order valence-corrected chi connectivity index (χ4v) is 1.95. The van der Waals surface area contributed by atoms with Crippen LogP contribution in [0.3, 0.4) is 0 Å². The Morgan fingerprint density at radius 3 is 2.72 bits per heavy atom. The van der Waals surface area contributed by atoms with E-state index in [0.717, 1.165) is 22.2 Å². The Labute approximate surface area is 105 Å². The molecule has 0 spiro atoms. The molecule has 3 rings (SSSR count). The van der Waals surface area contributed by atoms with Gasteiger partial charge in [-0.15, -0.1) is 0 Å². The average molecular weight is 236 g/mol. The van der Waals surface area contributed by atoms with Crippen molar-refractivity contribution >= 4 is 16.7 Å². The van der Waals surface area contributed by atoms with Gasteiger partial charge in [-0.25, -0.2) is 9.97 Å².